The molecule has 0 atom stereocenters. The van der Waals surface area contributed by atoms with Crippen molar-refractivity contribution in [1.29, 1.82) is 0 Å². The molecular formula is C20H32ClNO. The standard InChI is InChI=1S/C20H32ClNO/c1-20(2,18-6-8-19(21)9-7-18)12-15-22-13-10-17(11-14-22)5-4-16-23-3/h6-9,17H,4-5,10-16H2,1-3H3. The van der Waals surface area contributed by atoms with Crippen LogP contribution in [0, 0.1) is 5.92 Å². The highest BCUT2D eigenvalue weighted by Gasteiger charge is 2.24. The molecule has 1 fully saturated rings. The molecule has 0 N–H and O–H groups in total. The number of ether oxygens (including phenoxy) is 1. The molecule has 1 heterocycles. The maximum absolute atomic E-state index is 6.00. The maximum atomic E-state index is 6.00. The van der Waals surface area contributed by atoms with Crippen molar-refractivity contribution in [3.8, 4) is 0 Å². The van der Waals surface area contributed by atoms with Gasteiger partial charge in [-0.25, -0.2) is 0 Å². The van der Waals surface area contributed by atoms with Crippen LogP contribution in [0.25, 0.3) is 0 Å². The predicted octanol–water partition coefficient (Wildman–Crippen LogP) is 5.15. The number of halogens is 1. The van der Waals surface area contributed by atoms with Crippen molar-refractivity contribution in [2.75, 3.05) is 33.4 Å². The lowest BCUT2D eigenvalue weighted by atomic mass is 9.81. The minimum absolute atomic E-state index is 0.208. The van der Waals surface area contributed by atoms with E-state index in [1.165, 1.54) is 57.3 Å². The first-order chi connectivity index (χ1) is 11.0. The Labute approximate surface area is 147 Å². The van der Waals surface area contributed by atoms with E-state index in [0.29, 0.717) is 0 Å². The van der Waals surface area contributed by atoms with E-state index in [4.69, 9.17) is 16.3 Å². The third-order valence-corrected chi connectivity index (χ3v) is 5.60. The van der Waals surface area contributed by atoms with E-state index in [0.717, 1.165) is 17.5 Å². The van der Waals surface area contributed by atoms with Crippen molar-refractivity contribution < 1.29 is 4.74 Å². The van der Waals surface area contributed by atoms with Crippen molar-refractivity contribution in [2.24, 2.45) is 5.92 Å². The molecule has 1 aromatic carbocycles. The normalized spacial score (nSPS) is 17.6. The lowest BCUT2D eigenvalue weighted by molar-refractivity contribution is 0.149. The Balaban J connectivity index is 1.73. The fraction of sp³-hybridized carbons (Fsp3) is 0.700. The summed E-state index contributed by atoms with van der Waals surface area (Å²) in [4.78, 5) is 2.64. The van der Waals surface area contributed by atoms with Gasteiger partial charge in [-0.15, -0.1) is 0 Å². The van der Waals surface area contributed by atoms with Crippen LogP contribution < -0.4 is 0 Å². The van der Waals surface area contributed by atoms with Gasteiger partial charge in [-0.2, -0.15) is 0 Å². The molecule has 0 unspecified atom stereocenters. The van der Waals surface area contributed by atoms with Crippen molar-refractivity contribution in [3.05, 3.63) is 34.9 Å². The van der Waals surface area contributed by atoms with Gasteiger partial charge >= 0.3 is 0 Å². The van der Waals surface area contributed by atoms with E-state index in [-0.39, 0.29) is 5.41 Å². The minimum atomic E-state index is 0.208. The monoisotopic (exact) mass is 337 g/mol. The summed E-state index contributed by atoms with van der Waals surface area (Å²) in [5.74, 6) is 0.908. The van der Waals surface area contributed by atoms with Crippen LogP contribution in [0.2, 0.25) is 5.02 Å². The molecule has 130 valence electrons. The molecule has 1 aliphatic rings. The molecule has 2 nitrogen and oxygen atoms in total. The lowest BCUT2D eigenvalue weighted by Crippen LogP contribution is -2.36. The average molecular weight is 338 g/mol. The van der Waals surface area contributed by atoms with Gasteiger partial charge < -0.3 is 9.64 Å². The largest absolute Gasteiger partial charge is 0.385 e. The topological polar surface area (TPSA) is 12.5 Å². The zero-order valence-corrected chi connectivity index (χ0v) is 15.7. The summed E-state index contributed by atoms with van der Waals surface area (Å²) in [6, 6.07) is 8.35. The first kappa shape index (κ1) is 18.8. The van der Waals surface area contributed by atoms with Gasteiger partial charge in [0.25, 0.3) is 0 Å². The highest BCUT2D eigenvalue weighted by molar-refractivity contribution is 6.30. The van der Waals surface area contributed by atoms with Crippen LogP contribution in [0.15, 0.2) is 24.3 Å². The molecule has 0 spiro atoms. The number of methoxy groups -OCH3 is 1. The van der Waals surface area contributed by atoms with Crippen LogP contribution in [0.4, 0.5) is 0 Å². The third kappa shape index (κ3) is 6.10. The molecule has 0 saturated carbocycles. The van der Waals surface area contributed by atoms with E-state index >= 15 is 0 Å². The minimum Gasteiger partial charge on any atom is -0.385 e. The molecule has 1 aliphatic heterocycles. The second-order valence-corrected chi connectivity index (χ2v) is 8.00. The first-order valence-electron chi connectivity index (χ1n) is 8.98. The summed E-state index contributed by atoms with van der Waals surface area (Å²) < 4.78 is 5.16. The molecule has 3 heteroatoms. The first-order valence-corrected chi connectivity index (χ1v) is 9.36. The average Bonchev–Trinajstić information content (AvgIpc) is 2.55. The molecule has 23 heavy (non-hydrogen) atoms. The van der Waals surface area contributed by atoms with Crippen LogP contribution in [-0.2, 0) is 10.2 Å². The summed E-state index contributed by atoms with van der Waals surface area (Å²) in [7, 11) is 1.80. The molecule has 1 saturated heterocycles. The molecule has 2 rings (SSSR count). The maximum Gasteiger partial charge on any atom is 0.0462 e. The van der Waals surface area contributed by atoms with E-state index in [2.05, 4.69) is 30.9 Å². The molecule has 0 bridgehead atoms. The molecule has 1 aromatic rings. The number of benzene rings is 1. The van der Waals surface area contributed by atoms with Gasteiger partial charge in [-0.3, -0.25) is 0 Å². The number of hydrogen-bond acceptors (Lipinski definition) is 2. The second-order valence-electron chi connectivity index (χ2n) is 7.56. The third-order valence-electron chi connectivity index (χ3n) is 5.35. The van der Waals surface area contributed by atoms with Gasteiger partial charge in [-0.1, -0.05) is 37.6 Å². The van der Waals surface area contributed by atoms with Gasteiger partial charge in [0.05, 0.1) is 0 Å². The van der Waals surface area contributed by atoms with Crippen molar-refractivity contribution in [3.63, 3.8) is 0 Å². The zero-order chi connectivity index (χ0) is 16.7. The van der Waals surface area contributed by atoms with Gasteiger partial charge in [-0.05, 0) is 80.8 Å². The number of piperidine rings is 1. The molecule has 0 aliphatic carbocycles. The van der Waals surface area contributed by atoms with E-state index in [9.17, 15) is 0 Å². The fourth-order valence-corrected chi connectivity index (χ4v) is 3.62. The molecular weight excluding hydrogens is 306 g/mol. The van der Waals surface area contributed by atoms with Crippen LogP contribution in [0.5, 0.6) is 0 Å². The van der Waals surface area contributed by atoms with Crippen LogP contribution >= 0.6 is 11.6 Å². The van der Waals surface area contributed by atoms with Crippen molar-refractivity contribution in [1.82, 2.24) is 4.90 Å². The Bertz CT molecular complexity index is 449. The van der Waals surface area contributed by atoms with Crippen molar-refractivity contribution >= 4 is 11.6 Å². The van der Waals surface area contributed by atoms with Crippen molar-refractivity contribution in [2.45, 2.75) is 51.4 Å². The number of rotatable bonds is 8. The molecule has 0 radical (unpaired) electrons. The Kier molecular flexibility index (Phi) is 7.39. The summed E-state index contributed by atoms with van der Waals surface area (Å²) in [6.07, 6.45) is 6.45. The van der Waals surface area contributed by atoms with Gasteiger partial charge in [0.1, 0.15) is 0 Å². The second kappa shape index (κ2) is 9.05. The number of nitrogens with zero attached hydrogens (tertiary/aromatic N) is 1. The summed E-state index contributed by atoms with van der Waals surface area (Å²) in [5.41, 5.74) is 1.59. The van der Waals surface area contributed by atoms with Crippen LogP contribution in [-0.4, -0.2) is 38.3 Å². The number of likely N-dealkylation sites (tertiary alicyclic amines) is 1. The number of hydrogen-bond donors (Lipinski definition) is 0. The van der Waals surface area contributed by atoms with E-state index < -0.39 is 0 Å². The van der Waals surface area contributed by atoms with Crippen LogP contribution in [0.3, 0.4) is 0 Å². The van der Waals surface area contributed by atoms with Crippen LogP contribution in [0.1, 0.15) is 51.5 Å². The summed E-state index contributed by atoms with van der Waals surface area (Å²) in [5, 5.41) is 0.820. The summed E-state index contributed by atoms with van der Waals surface area (Å²) >= 11 is 6.00. The van der Waals surface area contributed by atoms with Gasteiger partial charge in [0, 0.05) is 18.7 Å². The highest BCUT2D eigenvalue weighted by atomic mass is 35.5. The Morgan fingerprint density at radius 1 is 1.17 bits per heavy atom. The van der Waals surface area contributed by atoms with Gasteiger partial charge in [0.2, 0.25) is 0 Å². The zero-order valence-electron chi connectivity index (χ0n) is 15.0. The van der Waals surface area contributed by atoms with E-state index in [1.54, 1.807) is 7.11 Å². The lowest BCUT2D eigenvalue weighted by Gasteiger charge is -2.35. The molecule has 0 amide bonds. The Hall–Kier alpha value is -0.570. The van der Waals surface area contributed by atoms with Gasteiger partial charge in [0.15, 0.2) is 0 Å². The fourth-order valence-electron chi connectivity index (χ4n) is 3.50. The SMILES string of the molecule is COCCCC1CCN(CCC(C)(C)c2ccc(Cl)cc2)CC1. The molecule has 0 aromatic heterocycles. The smallest absolute Gasteiger partial charge is 0.0462 e. The summed E-state index contributed by atoms with van der Waals surface area (Å²) in [6.45, 7) is 9.31. The predicted molar refractivity (Wildman–Crippen MR) is 99.4 cm³/mol. The Morgan fingerprint density at radius 3 is 2.43 bits per heavy atom. The quantitative estimate of drug-likeness (QED) is 0.608. The Morgan fingerprint density at radius 2 is 1.83 bits per heavy atom. The van der Waals surface area contributed by atoms with E-state index in [1.807, 2.05) is 12.1 Å². The highest BCUT2D eigenvalue weighted by Crippen LogP contribution is 2.29.